The number of anilines is 1. The van der Waals surface area contributed by atoms with Gasteiger partial charge in [0.1, 0.15) is 0 Å². The Balaban J connectivity index is 1.84. The minimum atomic E-state index is -5.57. The SMILES string of the molecule is CN(C(=O)O)c1nc2cc(C3(OC(=O)C(F)(F)F)c4ccccc4C(=O)N3S(=O)(=O)c3ccccc3)ccc2[nH]1. The number of carboxylic acid groups (broad SMARTS) is 1. The Morgan fingerprint density at radius 1 is 1.05 bits per heavy atom. The lowest BCUT2D eigenvalue weighted by Gasteiger charge is -2.37. The van der Waals surface area contributed by atoms with Crippen molar-refractivity contribution in [2.75, 3.05) is 11.9 Å². The van der Waals surface area contributed by atoms with E-state index >= 15 is 0 Å². The molecule has 2 N–H and O–H groups in total. The number of H-pyrrole nitrogens is 1. The molecule has 15 heteroatoms. The number of hydrogen-bond acceptors (Lipinski definition) is 7. The van der Waals surface area contributed by atoms with Crippen molar-refractivity contribution in [1.82, 2.24) is 14.3 Å². The highest BCUT2D eigenvalue weighted by Gasteiger charge is 2.62. The van der Waals surface area contributed by atoms with E-state index in [9.17, 15) is 41.1 Å². The maximum atomic E-state index is 13.9. The van der Waals surface area contributed by atoms with Crippen LogP contribution in [0.2, 0.25) is 0 Å². The highest BCUT2D eigenvalue weighted by atomic mass is 32.2. The molecule has 0 aliphatic carbocycles. The summed E-state index contributed by atoms with van der Waals surface area (Å²) in [5.41, 5.74) is -3.76. The average Bonchev–Trinajstić information content (AvgIpc) is 3.45. The molecular formula is C25H17F3N4O7S. The summed E-state index contributed by atoms with van der Waals surface area (Å²) in [6, 6.07) is 15.1. The quantitative estimate of drug-likeness (QED) is 0.342. The number of rotatable bonds is 5. The molecule has 0 saturated heterocycles. The predicted octanol–water partition coefficient (Wildman–Crippen LogP) is 3.83. The van der Waals surface area contributed by atoms with Crippen LogP contribution < -0.4 is 4.90 Å². The summed E-state index contributed by atoms with van der Waals surface area (Å²) in [5, 5.41) is 9.27. The van der Waals surface area contributed by atoms with Gasteiger partial charge in [0.25, 0.3) is 21.7 Å². The molecule has 2 heterocycles. The highest BCUT2D eigenvalue weighted by Crippen LogP contribution is 2.49. The molecule has 1 unspecified atom stereocenters. The predicted molar refractivity (Wildman–Crippen MR) is 132 cm³/mol. The second-order valence-corrected chi connectivity index (χ2v) is 10.4. The number of aromatic nitrogens is 2. The van der Waals surface area contributed by atoms with Gasteiger partial charge < -0.3 is 14.8 Å². The average molecular weight is 574 g/mol. The number of nitrogens with one attached hydrogen (secondary N) is 1. The van der Waals surface area contributed by atoms with Crippen LogP contribution in [-0.4, -0.2) is 59.0 Å². The van der Waals surface area contributed by atoms with E-state index in [0.29, 0.717) is 0 Å². The van der Waals surface area contributed by atoms with Crippen LogP contribution in [0.4, 0.5) is 23.9 Å². The summed E-state index contributed by atoms with van der Waals surface area (Å²) in [4.78, 5) is 44.5. The maximum Gasteiger partial charge on any atom is 0.491 e. The third-order valence-electron chi connectivity index (χ3n) is 6.21. The molecule has 0 fully saturated rings. The van der Waals surface area contributed by atoms with Gasteiger partial charge in [-0.15, -0.1) is 0 Å². The van der Waals surface area contributed by atoms with Crippen LogP contribution in [0.15, 0.2) is 77.7 Å². The number of halogens is 3. The number of alkyl halides is 3. The maximum absolute atomic E-state index is 13.9. The van der Waals surface area contributed by atoms with Gasteiger partial charge in [-0.05, 0) is 30.3 Å². The molecule has 1 aliphatic heterocycles. The first-order valence-electron chi connectivity index (χ1n) is 11.3. The van der Waals surface area contributed by atoms with Gasteiger partial charge in [-0.25, -0.2) is 23.0 Å². The Kier molecular flexibility index (Phi) is 6.06. The minimum absolute atomic E-state index is 0.0167. The Morgan fingerprint density at radius 3 is 2.35 bits per heavy atom. The molecule has 1 aliphatic rings. The van der Waals surface area contributed by atoms with Crippen molar-refractivity contribution in [3.63, 3.8) is 0 Å². The first-order chi connectivity index (χ1) is 18.8. The first-order valence-corrected chi connectivity index (χ1v) is 12.7. The Morgan fingerprint density at radius 2 is 1.70 bits per heavy atom. The summed E-state index contributed by atoms with van der Waals surface area (Å²) in [5.74, 6) is -4.14. The van der Waals surface area contributed by atoms with E-state index in [1.807, 2.05) is 0 Å². The number of benzene rings is 3. The van der Waals surface area contributed by atoms with E-state index in [-0.39, 0.29) is 38.0 Å². The summed E-state index contributed by atoms with van der Waals surface area (Å²) < 4.78 is 73.8. The lowest BCUT2D eigenvalue weighted by atomic mass is 9.94. The molecule has 1 atom stereocenters. The number of carbonyl (C=O) groups is 3. The van der Waals surface area contributed by atoms with Gasteiger partial charge >= 0.3 is 18.2 Å². The molecule has 11 nitrogen and oxygen atoms in total. The van der Waals surface area contributed by atoms with E-state index in [0.717, 1.165) is 29.2 Å². The number of aromatic amines is 1. The van der Waals surface area contributed by atoms with Crippen molar-refractivity contribution >= 4 is 45.0 Å². The molecule has 3 aromatic carbocycles. The van der Waals surface area contributed by atoms with E-state index in [1.165, 1.54) is 55.6 Å². The molecular weight excluding hydrogens is 557 g/mol. The third kappa shape index (κ3) is 4.02. The number of amides is 2. The van der Waals surface area contributed by atoms with Crippen molar-refractivity contribution < 1.29 is 45.8 Å². The monoisotopic (exact) mass is 574 g/mol. The summed E-state index contributed by atoms with van der Waals surface area (Å²) in [6.07, 6.45) is -6.94. The molecule has 0 radical (unpaired) electrons. The van der Waals surface area contributed by atoms with Crippen molar-refractivity contribution in [3.8, 4) is 0 Å². The summed E-state index contributed by atoms with van der Waals surface area (Å²) in [7, 11) is -3.76. The molecule has 0 saturated carbocycles. The van der Waals surface area contributed by atoms with Crippen molar-refractivity contribution in [3.05, 3.63) is 89.5 Å². The number of sulfonamides is 1. The zero-order valence-electron chi connectivity index (χ0n) is 20.2. The normalized spacial score (nSPS) is 17.1. The smallest absolute Gasteiger partial charge is 0.465 e. The fourth-order valence-electron chi connectivity index (χ4n) is 4.38. The van der Waals surface area contributed by atoms with Gasteiger partial charge in [0.05, 0.1) is 21.5 Å². The van der Waals surface area contributed by atoms with Gasteiger partial charge in [-0.3, -0.25) is 9.69 Å². The van der Waals surface area contributed by atoms with Gasteiger partial charge in [0.15, 0.2) is 0 Å². The zero-order chi connectivity index (χ0) is 29.0. The Bertz CT molecular complexity index is 1790. The number of hydrogen-bond donors (Lipinski definition) is 2. The molecule has 1 aromatic heterocycles. The summed E-state index contributed by atoms with van der Waals surface area (Å²) >= 11 is 0. The van der Waals surface area contributed by atoms with Gasteiger partial charge in [-0.1, -0.05) is 42.5 Å². The second-order valence-electron chi connectivity index (χ2n) is 8.60. The first kappa shape index (κ1) is 26.7. The van der Waals surface area contributed by atoms with E-state index < -0.39 is 44.8 Å². The Labute approximate surface area is 223 Å². The standard InChI is InChI=1S/C25H17F3N4O7S/c1-31(23(35)36)22-29-18-12-11-14(13-19(18)30-22)24(39-21(34)25(26,27)28)17-10-6-5-9-16(17)20(33)32(24)40(37,38)15-7-3-2-4-8-15/h2-13H,1H3,(H,29,30)(H,35,36). The lowest BCUT2D eigenvalue weighted by Crippen LogP contribution is -2.52. The number of imidazole rings is 1. The number of ether oxygens (including phenoxy) is 1. The van der Waals surface area contributed by atoms with Crippen LogP contribution in [-0.2, 0) is 25.3 Å². The van der Waals surface area contributed by atoms with Crippen LogP contribution in [0.1, 0.15) is 21.5 Å². The minimum Gasteiger partial charge on any atom is -0.465 e. The second kappa shape index (κ2) is 9.08. The van der Waals surface area contributed by atoms with Crippen LogP contribution in [0.25, 0.3) is 11.0 Å². The van der Waals surface area contributed by atoms with Gasteiger partial charge in [0, 0.05) is 18.2 Å². The molecule has 206 valence electrons. The highest BCUT2D eigenvalue weighted by molar-refractivity contribution is 7.89. The lowest BCUT2D eigenvalue weighted by molar-refractivity contribution is -0.217. The Hall–Kier alpha value is -4.92. The number of carbonyl (C=O) groups excluding carboxylic acids is 2. The van der Waals surface area contributed by atoms with Crippen molar-refractivity contribution in [1.29, 1.82) is 0 Å². The molecule has 0 bridgehead atoms. The van der Waals surface area contributed by atoms with Crippen molar-refractivity contribution in [2.45, 2.75) is 16.8 Å². The van der Waals surface area contributed by atoms with Crippen LogP contribution in [0, 0.1) is 0 Å². The zero-order valence-corrected chi connectivity index (χ0v) is 21.0. The third-order valence-corrected chi connectivity index (χ3v) is 7.98. The topological polar surface area (TPSA) is 150 Å². The van der Waals surface area contributed by atoms with E-state index in [1.54, 1.807) is 0 Å². The van der Waals surface area contributed by atoms with Gasteiger partial charge in [-0.2, -0.15) is 17.5 Å². The van der Waals surface area contributed by atoms with E-state index in [2.05, 4.69) is 9.97 Å². The summed E-state index contributed by atoms with van der Waals surface area (Å²) in [6.45, 7) is 0. The fourth-order valence-corrected chi connectivity index (χ4v) is 5.98. The number of fused-ring (bicyclic) bond motifs is 2. The number of nitrogens with zero attached hydrogens (tertiary/aromatic N) is 3. The number of esters is 1. The van der Waals surface area contributed by atoms with E-state index in [4.69, 9.17) is 4.74 Å². The molecule has 4 aromatic rings. The van der Waals surface area contributed by atoms with Crippen molar-refractivity contribution in [2.24, 2.45) is 0 Å². The van der Waals surface area contributed by atoms with Crippen LogP contribution in [0.3, 0.4) is 0 Å². The van der Waals surface area contributed by atoms with Crippen LogP contribution in [0.5, 0.6) is 0 Å². The molecule has 0 spiro atoms. The molecule has 40 heavy (non-hydrogen) atoms. The van der Waals surface area contributed by atoms with Crippen LogP contribution >= 0.6 is 0 Å². The fraction of sp³-hybridized carbons (Fsp3) is 0.120. The molecule has 5 rings (SSSR count). The van der Waals surface area contributed by atoms with Gasteiger partial charge in [0.2, 0.25) is 5.95 Å². The molecule has 2 amide bonds. The largest absolute Gasteiger partial charge is 0.491 e.